The van der Waals surface area contributed by atoms with Gasteiger partial charge in [0, 0.05) is 0 Å². The third kappa shape index (κ3) is 14.4. The predicted octanol–water partition coefficient (Wildman–Crippen LogP) is 10.5. The normalized spacial score (nSPS) is 15.0. The Bertz CT molecular complexity index is 745. The molecule has 4 heteroatoms. The lowest BCUT2D eigenvalue weighted by molar-refractivity contribution is -0.145. The molecular formula is C34H60O4. The van der Waals surface area contributed by atoms with Gasteiger partial charge in [-0.3, -0.25) is 9.59 Å². The maximum atomic E-state index is 12.5. The molecule has 38 heavy (non-hydrogen) atoms. The molecule has 2 aromatic rings. The van der Waals surface area contributed by atoms with E-state index in [0.717, 1.165) is 25.7 Å². The van der Waals surface area contributed by atoms with Crippen LogP contribution in [0.1, 0.15) is 121 Å². The second kappa shape index (κ2) is 24.7. The monoisotopic (exact) mass is 532 g/mol. The van der Waals surface area contributed by atoms with Gasteiger partial charge >= 0.3 is 11.9 Å². The molecule has 0 radical (unpaired) electrons. The SMILES string of the molecule is C.C.C.C.CC.CC.CCCc1ccc(OC(=O)C2CCC(C(=O)Oc3ccc(CCC)cc3)CC2)cc1. The molecule has 1 aliphatic rings. The molecule has 0 atom stereocenters. The van der Waals surface area contributed by atoms with Gasteiger partial charge in [0.1, 0.15) is 11.5 Å². The van der Waals surface area contributed by atoms with Gasteiger partial charge < -0.3 is 9.47 Å². The van der Waals surface area contributed by atoms with Gasteiger partial charge in [0.05, 0.1) is 11.8 Å². The fraction of sp³-hybridized carbons (Fsp3) is 0.588. The van der Waals surface area contributed by atoms with Crippen molar-refractivity contribution >= 4 is 11.9 Å². The van der Waals surface area contributed by atoms with E-state index >= 15 is 0 Å². The third-order valence-electron chi connectivity index (χ3n) is 5.75. The summed E-state index contributed by atoms with van der Waals surface area (Å²) in [6, 6.07) is 15.5. The van der Waals surface area contributed by atoms with Crippen LogP contribution in [0, 0.1) is 11.8 Å². The number of carbonyl (C=O) groups excluding carboxylic acids is 2. The first-order chi connectivity index (χ1) is 16.6. The largest absolute Gasteiger partial charge is 0.426 e. The van der Waals surface area contributed by atoms with Crippen molar-refractivity contribution in [3.05, 3.63) is 59.7 Å². The first-order valence-corrected chi connectivity index (χ1v) is 13.2. The Morgan fingerprint density at radius 1 is 0.579 bits per heavy atom. The molecule has 1 fully saturated rings. The Kier molecular flexibility index (Phi) is 27.6. The topological polar surface area (TPSA) is 52.6 Å². The van der Waals surface area contributed by atoms with E-state index in [2.05, 4.69) is 13.8 Å². The Balaban J connectivity index is -0.000000689. The summed E-state index contributed by atoms with van der Waals surface area (Å²) in [6.45, 7) is 12.3. The molecule has 0 aromatic heterocycles. The summed E-state index contributed by atoms with van der Waals surface area (Å²) in [5, 5.41) is 0. The fourth-order valence-corrected chi connectivity index (χ4v) is 3.99. The zero-order valence-corrected chi connectivity index (χ0v) is 22.1. The van der Waals surface area contributed by atoms with Crippen molar-refractivity contribution < 1.29 is 19.1 Å². The second-order valence-electron chi connectivity index (χ2n) is 8.18. The summed E-state index contributed by atoms with van der Waals surface area (Å²) in [4.78, 5) is 25.0. The molecule has 0 spiro atoms. The first kappa shape index (κ1) is 42.5. The highest BCUT2D eigenvalue weighted by molar-refractivity contribution is 5.77. The van der Waals surface area contributed by atoms with Crippen molar-refractivity contribution in [2.45, 2.75) is 123 Å². The van der Waals surface area contributed by atoms with Crippen molar-refractivity contribution in [2.75, 3.05) is 0 Å². The summed E-state index contributed by atoms with van der Waals surface area (Å²) >= 11 is 0. The van der Waals surface area contributed by atoms with Crippen LogP contribution < -0.4 is 9.47 Å². The molecule has 0 aliphatic heterocycles. The summed E-state index contributed by atoms with van der Waals surface area (Å²) in [6.07, 6.45) is 6.85. The van der Waals surface area contributed by atoms with Crippen LogP contribution in [-0.2, 0) is 22.4 Å². The molecule has 2 aromatic carbocycles. The summed E-state index contributed by atoms with van der Waals surface area (Å²) in [7, 11) is 0. The van der Waals surface area contributed by atoms with Gasteiger partial charge in [0.25, 0.3) is 0 Å². The number of esters is 2. The summed E-state index contributed by atoms with van der Waals surface area (Å²) in [5.74, 6) is 0.476. The Labute approximate surface area is 236 Å². The van der Waals surface area contributed by atoms with Crippen molar-refractivity contribution in [3.8, 4) is 11.5 Å². The fourth-order valence-electron chi connectivity index (χ4n) is 3.99. The summed E-state index contributed by atoms with van der Waals surface area (Å²) < 4.78 is 11.1. The van der Waals surface area contributed by atoms with Gasteiger partial charge in [0.2, 0.25) is 0 Å². The highest BCUT2D eigenvalue weighted by Crippen LogP contribution is 2.31. The molecule has 3 rings (SSSR count). The van der Waals surface area contributed by atoms with Crippen molar-refractivity contribution in [2.24, 2.45) is 11.8 Å². The van der Waals surface area contributed by atoms with E-state index in [4.69, 9.17) is 9.47 Å². The molecule has 0 bridgehead atoms. The number of aryl methyl sites for hydroxylation is 2. The molecule has 0 N–H and O–H groups in total. The van der Waals surface area contributed by atoms with Crippen LogP contribution in [0.5, 0.6) is 11.5 Å². The lowest BCUT2D eigenvalue weighted by atomic mass is 9.82. The minimum atomic E-state index is -0.198. The molecule has 0 unspecified atom stereocenters. The van der Waals surface area contributed by atoms with Crippen LogP contribution in [0.2, 0.25) is 0 Å². The maximum Gasteiger partial charge on any atom is 0.314 e. The highest BCUT2D eigenvalue weighted by Gasteiger charge is 2.32. The van der Waals surface area contributed by atoms with Gasteiger partial charge in [0.15, 0.2) is 0 Å². The lowest BCUT2D eigenvalue weighted by Crippen LogP contribution is -2.30. The molecule has 0 saturated heterocycles. The average Bonchev–Trinajstić information content (AvgIpc) is 2.89. The van der Waals surface area contributed by atoms with Crippen LogP contribution in [0.4, 0.5) is 0 Å². The van der Waals surface area contributed by atoms with Gasteiger partial charge in [-0.2, -0.15) is 0 Å². The van der Waals surface area contributed by atoms with E-state index in [0.29, 0.717) is 37.2 Å². The number of ether oxygens (including phenoxy) is 2. The highest BCUT2D eigenvalue weighted by atomic mass is 16.5. The van der Waals surface area contributed by atoms with E-state index in [1.165, 1.54) is 11.1 Å². The number of hydrogen-bond acceptors (Lipinski definition) is 4. The average molecular weight is 533 g/mol. The van der Waals surface area contributed by atoms with Crippen LogP contribution in [0.3, 0.4) is 0 Å². The zero-order valence-electron chi connectivity index (χ0n) is 22.1. The predicted molar refractivity (Wildman–Crippen MR) is 167 cm³/mol. The minimum Gasteiger partial charge on any atom is -0.426 e. The number of hydrogen-bond donors (Lipinski definition) is 0. The van der Waals surface area contributed by atoms with Gasteiger partial charge in [-0.15, -0.1) is 0 Å². The molecule has 1 saturated carbocycles. The Morgan fingerprint density at radius 2 is 0.842 bits per heavy atom. The molecule has 1 aliphatic carbocycles. The molecular weight excluding hydrogens is 472 g/mol. The Morgan fingerprint density at radius 3 is 1.08 bits per heavy atom. The molecule has 0 amide bonds. The van der Waals surface area contributed by atoms with E-state index in [1.54, 1.807) is 0 Å². The van der Waals surface area contributed by atoms with Crippen molar-refractivity contribution in [1.29, 1.82) is 0 Å². The number of carbonyl (C=O) groups is 2. The smallest absolute Gasteiger partial charge is 0.314 e. The maximum absolute atomic E-state index is 12.5. The summed E-state index contributed by atoms with van der Waals surface area (Å²) in [5.41, 5.74) is 2.49. The minimum absolute atomic E-state index is 0. The standard InChI is InChI=1S/C26H32O4.2C2H6.4CH4/c1-3-5-19-7-15-23(16-8-19)29-25(27)21-11-13-22(14-12-21)26(28)30-24-17-9-20(6-4-2)10-18-24;2*1-2;;;;/h7-10,15-18,21-22H,3-6,11-14H2,1-2H3;2*1-2H3;4*1H4. The van der Waals surface area contributed by atoms with Crippen molar-refractivity contribution in [3.63, 3.8) is 0 Å². The van der Waals surface area contributed by atoms with E-state index in [9.17, 15) is 9.59 Å². The lowest BCUT2D eigenvalue weighted by Gasteiger charge is -2.25. The quantitative estimate of drug-likeness (QED) is 0.250. The second-order valence-corrected chi connectivity index (χ2v) is 8.18. The zero-order chi connectivity index (χ0) is 25.3. The Hall–Kier alpha value is -2.62. The van der Waals surface area contributed by atoms with Crippen molar-refractivity contribution in [1.82, 2.24) is 0 Å². The number of rotatable bonds is 8. The molecule has 220 valence electrons. The molecule has 0 heterocycles. The van der Waals surface area contributed by atoms with E-state index in [-0.39, 0.29) is 53.5 Å². The molecule has 4 nitrogen and oxygen atoms in total. The first-order valence-electron chi connectivity index (χ1n) is 13.2. The van der Waals surface area contributed by atoms with Crippen LogP contribution in [-0.4, -0.2) is 11.9 Å². The van der Waals surface area contributed by atoms with E-state index < -0.39 is 0 Å². The van der Waals surface area contributed by atoms with Gasteiger partial charge in [-0.05, 0) is 73.9 Å². The van der Waals surface area contributed by atoms with E-state index in [1.807, 2.05) is 76.2 Å². The number of benzene rings is 2. The van der Waals surface area contributed by atoms with Gasteiger partial charge in [-0.1, -0.05) is 108 Å². The van der Waals surface area contributed by atoms with Crippen LogP contribution in [0.15, 0.2) is 48.5 Å². The third-order valence-corrected chi connectivity index (χ3v) is 5.75. The van der Waals surface area contributed by atoms with Crippen LogP contribution >= 0.6 is 0 Å². The van der Waals surface area contributed by atoms with Gasteiger partial charge in [-0.25, -0.2) is 0 Å². The van der Waals surface area contributed by atoms with Crippen LogP contribution in [0.25, 0.3) is 0 Å².